The lowest BCUT2D eigenvalue weighted by atomic mass is 10.2. The van der Waals surface area contributed by atoms with Crippen LogP contribution in [0.2, 0.25) is 0 Å². The highest BCUT2D eigenvalue weighted by molar-refractivity contribution is 7.89. The van der Waals surface area contributed by atoms with Crippen molar-refractivity contribution in [2.24, 2.45) is 5.92 Å². The van der Waals surface area contributed by atoms with Gasteiger partial charge in [-0.15, -0.1) is 0 Å². The molecule has 0 saturated carbocycles. The van der Waals surface area contributed by atoms with Gasteiger partial charge >= 0.3 is 0 Å². The van der Waals surface area contributed by atoms with Crippen LogP contribution in [-0.4, -0.2) is 33.3 Å². The highest BCUT2D eigenvalue weighted by Gasteiger charge is 2.15. The zero-order valence-corrected chi connectivity index (χ0v) is 11.1. The second-order valence-corrected chi connectivity index (χ2v) is 6.90. The van der Waals surface area contributed by atoms with Crippen LogP contribution < -0.4 is 10.0 Å². The van der Waals surface area contributed by atoms with Gasteiger partial charge in [0.05, 0.1) is 5.75 Å². The minimum absolute atomic E-state index is 0.253. The van der Waals surface area contributed by atoms with Gasteiger partial charge in [-0.25, -0.2) is 13.1 Å². The van der Waals surface area contributed by atoms with Crippen molar-refractivity contribution in [2.45, 2.75) is 45.6 Å². The maximum absolute atomic E-state index is 11.6. The largest absolute Gasteiger partial charge is 0.314 e. The standard InChI is InChI=1S/C11H24N2O2S/c1-10(2)6-9-16(14,15)13-8-5-11-4-3-7-12-11/h10-13H,3-9H2,1-2H3/t11-/m0/s1. The molecule has 5 heteroatoms. The van der Waals surface area contributed by atoms with Gasteiger partial charge < -0.3 is 5.32 Å². The molecule has 2 N–H and O–H groups in total. The third kappa shape index (κ3) is 5.82. The van der Waals surface area contributed by atoms with E-state index in [4.69, 9.17) is 0 Å². The summed E-state index contributed by atoms with van der Waals surface area (Å²) in [7, 11) is -3.05. The third-order valence-corrected chi connectivity index (χ3v) is 4.36. The smallest absolute Gasteiger partial charge is 0.211 e. The Morgan fingerprint density at radius 3 is 2.75 bits per heavy atom. The molecule has 1 atom stereocenters. The summed E-state index contributed by atoms with van der Waals surface area (Å²) >= 11 is 0. The van der Waals surface area contributed by atoms with E-state index in [0.29, 0.717) is 18.5 Å². The van der Waals surface area contributed by atoms with E-state index in [1.807, 2.05) is 13.8 Å². The van der Waals surface area contributed by atoms with Gasteiger partial charge in [-0.3, -0.25) is 0 Å². The number of hydrogen-bond donors (Lipinski definition) is 2. The maximum Gasteiger partial charge on any atom is 0.211 e. The molecule has 0 unspecified atom stereocenters. The second-order valence-electron chi connectivity index (χ2n) is 4.98. The van der Waals surface area contributed by atoms with Crippen molar-refractivity contribution in [3.05, 3.63) is 0 Å². The molecule has 1 rings (SSSR count). The monoisotopic (exact) mass is 248 g/mol. The van der Waals surface area contributed by atoms with Gasteiger partial charge in [0.1, 0.15) is 0 Å². The molecular formula is C11H24N2O2S. The zero-order chi connectivity index (χ0) is 12.0. The van der Waals surface area contributed by atoms with Crippen LogP contribution in [0.4, 0.5) is 0 Å². The van der Waals surface area contributed by atoms with Crippen LogP contribution in [0, 0.1) is 5.92 Å². The Kier molecular flexibility index (Phi) is 5.72. The molecule has 16 heavy (non-hydrogen) atoms. The number of rotatable bonds is 7. The molecular weight excluding hydrogens is 224 g/mol. The first-order chi connectivity index (χ1) is 7.49. The van der Waals surface area contributed by atoms with Gasteiger partial charge in [0.2, 0.25) is 10.0 Å². The molecule has 96 valence electrons. The lowest BCUT2D eigenvalue weighted by Crippen LogP contribution is -2.32. The average Bonchev–Trinajstić information content (AvgIpc) is 2.68. The SMILES string of the molecule is CC(C)CCS(=O)(=O)NCC[C@@H]1CCCN1. The highest BCUT2D eigenvalue weighted by atomic mass is 32.2. The van der Waals surface area contributed by atoms with E-state index < -0.39 is 10.0 Å². The summed E-state index contributed by atoms with van der Waals surface area (Å²) < 4.78 is 25.8. The molecule has 0 radical (unpaired) electrons. The molecule has 0 aromatic rings. The first-order valence-electron chi connectivity index (χ1n) is 6.20. The fraction of sp³-hybridized carbons (Fsp3) is 1.00. The van der Waals surface area contributed by atoms with Gasteiger partial charge in [0.15, 0.2) is 0 Å². The van der Waals surface area contributed by atoms with Crippen molar-refractivity contribution < 1.29 is 8.42 Å². The summed E-state index contributed by atoms with van der Waals surface area (Å²) in [6.07, 6.45) is 4.02. The molecule has 0 amide bonds. The average molecular weight is 248 g/mol. The third-order valence-electron chi connectivity index (χ3n) is 2.94. The van der Waals surface area contributed by atoms with Crippen LogP contribution in [0.3, 0.4) is 0 Å². The summed E-state index contributed by atoms with van der Waals surface area (Å²) in [6, 6.07) is 0.507. The van der Waals surface area contributed by atoms with Crippen LogP contribution in [0.15, 0.2) is 0 Å². The molecule has 0 spiro atoms. The van der Waals surface area contributed by atoms with Gasteiger partial charge in [0, 0.05) is 12.6 Å². The summed E-state index contributed by atoms with van der Waals surface area (Å²) in [5.41, 5.74) is 0. The van der Waals surface area contributed by atoms with E-state index in [2.05, 4.69) is 10.0 Å². The molecule has 4 nitrogen and oxygen atoms in total. The van der Waals surface area contributed by atoms with Crippen LogP contribution in [0.1, 0.15) is 39.5 Å². The van der Waals surface area contributed by atoms with E-state index in [-0.39, 0.29) is 5.75 Å². The number of nitrogens with one attached hydrogen (secondary N) is 2. The number of sulfonamides is 1. The first kappa shape index (κ1) is 13.9. The summed E-state index contributed by atoms with van der Waals surface area (Å²) in [5.74, 6) is 0.691. The van der Waals surface area contributed by atoms with Crippen molar-refractivity contribution >= 4 is 10.0 Å². The van der Waals surface area contributed by atoms with Crippen LogP contribution >= 0.6 is 0 Å². The zero-order valence-electron chi connectivity index (χ0n) is 10.3. The van der Waals surface area contributed by atoms with Crippen molar-refractivity contribution in [3.8, 4) is 0 Å². The summed E-state index contributed by atoms with van der Waals surface area (Å²) in [4.78, 5) is 0. The van der Waals surface area contributed by atoms with Crippen LogP contribution in [0.5, 0.6) is 0 Å². The molecule has 0 bridgehead atoms. The molecule has 1 saturated heterocycles. The molecule has 0 aliphatic carbocycles. The second kappa shape index (κ2) is 6.57. The first-order valence-corrected chi connectivity index (χ1v) is 7.85. The quantitative estimate of drug-likeness (QED) is 0.709. The summed E-state index contributed by atoms with van der Waals surface area (Å²) in [5, 5.41) is 3.36. The lowest BCUT2D eigenvalue weighted by molar-refractivity contribution is 0.533. The Morgan fingerprint density at radius 2 is 2.19 bits per heavy atom. The van der Waals surface area contributed by atoms with Gasteiger partial charge in [-0.05, 0) is 38.1 Å². The van der Waals surface area contributed by atoms with Crippen molar-refractivity contribution in [1.29, 1.82) is 0 Å². The van der Waals surface area contributed by atoms with Crippen molar-refractivity contribution in [2.75, 3.05) is 18.8 Å². The Bertz CT molecular complexity index is 282. The Balaban J connectivity index is 2.14. The minimum atomic E-state index is -3.05. The Morgan fingerprint density at radius 1 is 1.44 bits per heavy atom. The van der Waals surface area contributed by atoms with E-state index in [1.165, 1.54) is 12.8 Å². The molecule has 1 aliphatic heterocycles. The van der Waals surface area contributed by atoms with Gasteiger partial charge in [-0.1, -0.05) is 13.8 Å². The maximum atomic E-state index is 11.6. The predicted molar refractivity (Wildman–Crippen MR) is 66.9 cm³/mol. The van der Waals surface area contributed by atoms with E-state index in [1.54, 1.807) is 0 Å². The Labute approximate surface area is 99.2 Å². The van der Waals surface area contributed by atoms with Crippen molar-refractivity contribution in [3.63, 3.8) is 0 Å². The van der Waals surface area contributed by atoms with E-state index in [9.17, 15) is 8.42 Å². The Hall–Kier alpha value is -0.130. The number of hydrogen-bond acceptors (Lipinski definition) is 3. The lowest BCUT2D eigenvalue weighted by Gasteiger charge is -2.11. The highest BCUT2D eigenvalue weighted by Crippen LogP contribution is 2.08. The molecule has 0 aromatic heterocycles. The topological polar surface area (TPSA) is 58.2 Å². The van der Waals surface area contributed by atoms with Gasteiger partial charge in [0.25, 0.3) is 0 Å². The predicted octanol–water partition coefficient (Wildman–Crippen LogP) is 1.09. The van der Waals surface area contributed by atoms with Crippen LogP contribution in [-0.2, 0) is 10.0 Å². The normalized spacial score (nSPS) is 21.8. The van der Waals surface area contributed by atoms with Gasteiger partial charge in [-0.2, -0.15) is 0 Å². The molecule has 0 aromatic carbocycles. The minimum Gasteiger partial charge on any atom is -0.314 e. The fourth-order valence-corrected chi connectivity index (χ4v) is 3.21. The molecule has 1 fully saturated rings. The summed E-state index contributed by atoms with van der Waals surface area (Å²) in [6.45, 7) is 5.72. The molecule has 1 aliphatic rings. The fourth-order valence-electron chi connectivity index (χ4n) is 1.85. The molecule has 1 heterocycles. The van der Waals surface area contributed by atoms with E-state index >= 15 is 0 Å². The van der Waals surface area contributed by atoms with Crippen molar-refractivity contribution in [1.82, 2.24) is 10.0 Å². The van der Waals surface area contributed by atoms with Crippen LogP contribution in [0.25, 0.3) is 0 Å². The van der Waals surface area contributed by atoms with E-state index in [0.717, 1.165) is 19.4 Å².